The second kappa shape index (κ2) is 5.12. The molecule has 0 aromatic carbocycles. The zero-order valence-corrected chi connectivity index (χ0v) is 11.7. The SMILES string of the molecule is CC1CN(c2ncc([N+](=O)[O-])cc2Br)CC1C(=O)O. The van der Waals surface area contributed by atoms with Gasteiger partial charge >= 0.3 is 5.97 Å². The molecule has 1 fully saturated rings. The van der Waals surface area contributed by atoms with Crippen LogP contribution in [0.25, 0.3) is 0 Å². The average Bonchev–Trinajstić information content (AvgIpc) is 2.71. The molecular formula is C11H12BrN3O4. The third kappa shape index (κ3) is 2.67. The maximum absolute atomic E-state index is 11.1. The van der Waals surface area contributed by atoms with E-state index in [0.29, 0.717) is 23.4 Å². The first-order chi connectivity index (χ1) is 8.90. The number of anilines is 1. The number of hydrogen-bond acceptors (Lipinski definition) is 5. The molecule has 2 rings (SSSR count). The molecule has 7 nitrogen and oxygen atoms in total. The molecule has 1 aliphatic rings. The molecule has 1 saturated heterocycles. The number of pyridine rings is 1. The zero-order valence-electron chi connectivity index (χ0n) is 10.1. The number of rotatable bonds is 3. The molecule has 1 aromatic heterocycles. The highest BCUT2D eigenvalue weighted by molar-refractivity contribution is 9.10. The van der Waals surface area contributed by atoms with Crippen molar-refractivity contribution in [3.8, 4) is 0 Å². The van der Waals surface area contributed by atoms with Gasteiger partial charge in [-0.15, -0.1) is 0 Å². The summed E-state index contributed by atoms with van der Waals surface area (Å²) in [6, 6.07) is 1.38. The molecule has 1 aromatic rings. The highest BCUT2D eigenvalue weighted by Gasteiger charge is 2.36. The van der Waals surface area contributed by atoms with Crippen LogP contribution in [0.4, 0.5) is 11.5 Å². The maximum atomic E-state index is 11.1. The molecule has 19 heavy (non-hydrogen) atoms. The lowest BCUT2D eigenvalue weighted by Gasteiger charge is -2.18. The summed E-state index contributed by atoms with van der Waals surface area (Å²) < 4.78 is 0.500. The number of carboxylic acids is 1. The number of nitrogens with zero attached hydrogens (tertiary/aromatic N) is 3. The van der Waals surface area contributed by atoms with E-state index in [2.05, 4.69) is 20.9 Å². The summed E-state index contributed by atoms with van der Waals surface area (Å²) in [5.41, 5.74) is -0.0994. The molecule has 0 amide bonds. The quantitative estimate of drug-likeness (QED) is 0.672. The van der Waals surface area contributed by atoms with E-state index in [9.17, 15) is 14.9 Å². The van der Waals surface area contributed by atoms with E-state index in [1.807, 2.05) is 11.8 Å². The lowest BCUT2D eigenvalue weighted by atomic mass is 9.99. The molecule has 2 atom stereocenters. The van der Waals surface area contributed by atoms with Crippen molar-refractivity contribution in [1.82, 2.24) is 4.98 Å². The number of halogens is 1. The Kier molecular flexibility index (Phi) is 3.70. The Balaban J connectivity index is 2.24. The van der Waals surface area contributed by atoms with Crippen molar-refractivity contribution in [2.24, 2.45) is 11.8 Å². The topological polar surface area (TPSA) is 96.6 Å². The Morgan fingerprint density at radius 2 is 2.32 bits per heavy atom. The van der Waals surface area contributed by atoms with Crippen LogP contribution in [0.3, 0.4) is 0 Å². The zero-order chi connectivity index (χ0) is 14.2. The van der Waals surface area contributed by atoms with Crippen molar-refractivity contribution in [1.29, 1.82) is 0 Å². The Labute approximate surface area is 117 Å². The number of carboxylic acid groups (broad SMARTS) is 1. The Morgan fingerprint density at radius 3 is 2.79 bits per heavy atom. The van der Waals surface area contributed by atoms with Crippen molar-refractivity contribution in [2.45, 2.75) is 6.92 Å². The van der Waals surface area contributed by atoms with Gasteiger partial charge in [-0.3, -0.25) is 14.9 Å². The van der Waals surface area contributed by atoms with E-state index >= 15 is 0 Å². The minimum Gasteiger partial charge on any atom is -0.481 e. The molecule has 1 N–H and O–H groups in total. The van der Waals surface area contributed by atoms with E-state index in [4.69, 9.17) is 5.11 Å². The molecular weight excluding hydrogens is 318 g/mol. The fourth-order valence-corrected chi connectivity index (χ4v) is 2.80. The van der Waals surface area contributed by atoms with Crippen LogP contribution in [0, 0.1) is 22.0 Å². The van der Waals surface area contributed by atoms with Gasteiger partial charge < -0.3 is 10.0 Å². The van der Waals surface area contributed by atoms with E-state index in [0.717, 1.165) is 0 Å². The van der Waals surface area contributed by atoms with E-state index in [1.165, 1.54) is 12.3 Å². The monoisotopic (exact) mass is 329 g/mol. The Morgan fingerprint density at radius 1 is 1.63 bits per heavy atom. The normalized spacial score (nSPS) is 22.5. The molecule has 0 radical (unpaired) electrons. The molecule has 2 heterocycles. The number of aromatic nitrogens is 1. The van der Waals surface area contributed by atoms with Gasteiger partial charge in [0, 0.05) is 19.2 Å². The Hall–Kier alpha value is -1.70. The summed E-state index contributed by atoms with van der Waals surface area (Å²) in [6.07, 6.45) is 1.18. The molecule has 8 heteroatoms. The standard InChI is InChI=1S/C11H12BrN3O4/c1-6-4-14(5-8(6)11(16)17)10-9(12)2-7(3-13-10)15(18)19/h2-3,6,8H,4-5H2,1H3,(H,16,17). The molecule has 0 saturated carbocycles. The molecule has 1 aliphatic heterocycles. The summed E-state index contributed by atoms with van der Waals surface area (Å²) in [6.45, 7) is 2.80. The first-order valence-corrected chi connectivity index (χ1v) is 6.47. The number of aliphatic carboxylic acids is 1. The van der Waals surface area contributed by atoms with Gasteiger partial charge in [-0.25, -0.2) is 4.98 Å². The van der Waals surface area contributed by atoms with Gasteiger partial charge in [0.25, 0.3) is 5.69 Å². The van der Waals surface area contributed by atoms with E-state index in [-0.39, 0.29) is 11.6 Å². The van der Waals surface area contributed by atoms with Crippen LogP contribution in [0.1, 0.15) is 6.92 Å². The smallest absolute Gasteiger partial charge is 0.308 e. The molecule has 2 unspecified atom stereocenters. The van der Waals surface area contributed by atoms with Gasteiger partial charge in [0.15, 0.2) is 0 Å². The third-order valence-electron chi connectivity index (χ3n) is 3.25. The van der Waals surface area contributed by atoms with Gasteiger partial charge in [0.2, 0.25) is 0 Å². The predicted molar refractivity (Wildman–Crippen MR) is 71.1 cm³/mol. The van der Waals surface area contributed by atoms with Gasteiger partial charge in [0.05, 0.1) is 15.3 Å². The lowest BCUT2D eigenvalue weighted by molar-refractivity contribution is -0.385. The number of carbonyl (C=O) groups is 1. The van der Waals surface area contributed by atoms with Crippen molar-refractivity contribution in [3.63, 3.8) is 0 Å². The minimum absolute atomic E-state index is 0.0152. The van der Waals surface area contributed by atoms with Crippen LogP contribution >= 0.6 is 15.9 Å². The summed E-state index contributed by atoms with van der Waals surface area (Å²) in [4.78, 5) is 27.1. The van der Waals surface area contributed by atoms with Crippen LogP contribution < -0.4 is 4.90 Å². The van der Waals surface area contributed by atoms with Crippen molar-refractivity contribution in [3.05, 3.63) is 26.9 Å². The summed E-state index contributed by atoms with van der Waals surface area (Å²) >= 11 is 3.25. The fraction of sp³-hybridized carbons (Fsp3) is 0.455. The molecule has 0 aliphatic carbocycles. The molecule has 0 bridgehead atoms. The van der Waals surface area contributed by atoms with Crippen molar-refractivity contribution < 1.29 is 14.8 Å². The molecule has 102 valence electrons. The van der Waals surface area contributed by atoms with E-state index < -0.39 is 16.8 Å². The van der Waals surface area contributed by atoms with Gasteiger partial charge in [-0.1, -0.05) is 6.92 Å². The first-order valence-electron chi connectivity index (χ1n) is 5.68. The molecule has 0 spiro atoms. The Bertz CT molecular complexity index is 537. The highest BCUT2D eigenvalue weighted by Crippen LogP contribution is 2.33. The number of hydrogen-bond donors (Lipinski definition) is 1. The third-order valence-corrected chi connectivity index (χ3v) is 3.83. The minimum atomic E-state index is -0.826. The van der Waals surface area contributed by atoms with E-state index in [1.54, 1.807) is 0 Å². The van der Waals surface area contributed by atoms with Gasteiger partial charge in [-0.2, -0.15) is 0 Å². The van der Waals surface area contributed by atoms with Gasteiger partial charge in [0.1, 0.15) is 12.0 Å². The maximum Gasteiger partial charge on any atom is 0.308 e. The number of nitro groups is 1. The van der Waals surface area contributed by atoms with Crippen LogP contribution in [0.15, 0.2) is 16.7 Å². The predicted octanol–water partition coefficient (Wildman–Crippen LogP) is 1.91. The van der Waals surface area contributed by atoms with Crippen molar-refractivity contribution in [2.75, 3.05) is 18.0 Å². The van der Waals surface area contributed by atoms with Crippen LogP contribution in [-0.4, -0.2) is 34.1 Å². The van der Waals surface area contributed by atoms with Crippen molar-refractivity contribution >= 4 is 33.4 Å². The van der Waals surface area contributed by atoms with Crippen LogP contribution in [-0.2, 0) is 4.79 Å². The largest absolute Gasteiger partial charge is 0.481 e. The second-order valence-electron chi connectivity index (χ2n) is 4.58. The average molecular weight is 330 g/mol. The summed E-state index contributed by atoms with van der Waals surface area (Å²) in [7, 11) is 0. The van der Waals surface area contributed by atoms with Gasteiger partial charge in [-0.05, 0) is 21.8 Å². The lowest BCUT2D eigenvalue weighted by Crippen LogP contribution is -2.24. The van der Waals surface area contributed by atoms with Crippen LogP contribution in [0.5, 0.6) is 0 Å². The highest BCUT2D eigenvalue weighted by atomic mass is 79.9. The summed E-state index contributed by atoms with van der Waals surface area (Å²) in [5, 5.41) is 19.7. The first kappa shape index (κ1) is 13.7. The fourth-order valence-electron chi connectivity index (χ4n) is 2.21. The van der Waals surface area contributed by atoms with Crippen LogP contribution in [0.2, 0.25) is 0 Å². The summed E-state index contributed by atoms with van der Waals surface area (Å²) in [5.74, 6) is -0.709. The second-order valence-corrected chi connectivity index (χ2v) is 5.44.